The fraction of sp³-hybridized carbons (Fsp3) is 0.667. The molecule has 2 aliphatic heterocycles. The summed E-state index contributed by atoms with van der Waals surface area (Å²) in [6.07, 6.45) is 3.90. The van der Waals surface area contributed by atoms with E-state index in [9.17, 15) is 13.2 Å². The highest BCUT2D eigenvalue weighted by atomic mass is 32.2. The summed E-state index contributed by atoms with van der Waals surface area (Å²) in [4.78, 5) is 17.7. The minimum absolute atomic E-state index is 0.0627. The van der Waals surface area contributed by atoms with Crippen molar-refractivity contribution in [2.45, 2.75) is 30.6 Å². The lowest BCUT2D eigenvalue weighted by molar-refractivity contribution is -0.138. The van der Waals surface area contributed by atoms with Crippen LogP contribution >= 0.6 is 0 Å². The number of amides is 1. The summed E-state index contributed by atoms with van der Waals surface area (Å²) in [6.45, 7) is 5.51. The lowest BCUT2D eigenvalue weighted by atomic mass is 9.96. The molecular formula is C21H31N3O4S. The van der Waals surface area contributed by atoms with Crippen LogP contribution in [0.15, 0.2) is 29.2 Å². The zero-order chi connectivity index (χ0) is 20.4. The number of carbonyl (C=O) groups is 1. The molecule has 1 aromatic carbocycles. The third-order valence-electron chi connectivity index (χ3n) is 6.40. The van der Waals surface area contributed by atoms with Gasteiger partial charge in [0.15, 0.2) is 0 Å². The van der Waals surface area contributed by atoms with Crippen molar-refractivity contribution >= 4 is 15.9 Å². The summed E-state index contributed by atoms with van der Waals surface area (Å²) in [5, 5.41) is 0. The molecule has 1 saturated carbocycles. The van der Waals surface area contributed by atoms with Crippen molar-refractivity contribution in [1.82, 2.24) is 14.1 Å². The maximum atomic E-state index is 12.9. The van der Waals surface area contributed by atoms with Gasteiger partial charge in [-0.1, -0.05) is 0 Å². The number of ether oxygens (including phenoxy) is 1. The van der Waals surface area contributed by atoms with E-state index in [-0.39, 0.29) is 16.7 Å². The van der Waals surface area contributed by atoms with E-state index in [0.717, 1.165) is 32.1 Å². The van der Waals surface area contributed by atoms with Crippen LogP contribution in [-0.4, -0.2) is 81.4 Å². The van der Waals surface area contributed by atoms with Gasteiger partial charge in [0.25, 0.3) is 0 Å². The zero-order valence-corrected chi connectivity index (χ0v) is 17.9. The third-order valence-corrected chi connectivity index (χ3v) is 8.31. The van der Waals surface area contributed by atoms with Crippen LogP contribution in [0.2, 0.25) is 0 Å². The molecule has 29 heavy (non-hydrogen) atoms. The molecule has 160 valence electrons. The van der Waals surface area contributed by atoms with Crippen molar-refractivity contribution in [2.24, 2.45) is 11.8 Å². The predicted octanol–water partition coefficient (Wildman–Crippen LogP) is 1.65. The number of sulfonamides is 1. The van der Waals surface area contributed by atoms with Crippen molar-refractivity contribution in [3.8, 4) is 5.75 Å². The zero-order valence-electron chi connectivity index (χ0n) is 17.1. The lowest BCUT2D eigenvalue weighted by Gasteiger charge is -2.38. The normalized spacial score (nSPS) is 22.6. The largest absolute Gasteiger partial charge is 0.497 e. The molecule has 7 nitrogen and oxygen atoms in total. The minimum Gasteiger partial charge on any atom is -0.497 e. The molecule has 0 N–H and O–H groups in total. The van der Waals surface area contributed by atoms with Gasteiger partial charge in [0.05, 0.1) is 12.0 Å². The first-order chi connectivity index (χ1) is 14.0. The van der Waals surface area contributed by atoms with Crippen LogP contribution in [0.25, 0.3) is 0 Å². The average molecular weight is 422 g/mol. The highest BCUT2D eigenvalue weighted by Crippen LogP contribution is 2.30. The summed E-state index contributed by atoms with van der Waals surface area (Å²) in [5.41, 5.74) is 0. The van der Waals surface area contributed by atoms with Gasteiger partial charge in [-0.25, -0.2) is 8.42 Å². The molecule has 0 unspecified atom stereocenters. The molecule has 3 aliphatic rings. The molecule has 2 saturated heterocycles. The highest BCUT2D eigenvalue weighted by Gasteiger charge is 2.35. The molecule has 2 heterocycles. The maximum absolute atomic E-state index is 12.9. The van der Waals surface area contributed by atoms with Gasteiger partial charge in [0.1, 0.15) is 5.75 Å². The summed E-state index contributed by atoms with van der Waals surface area (Å²) in [6, 6.07) is 6.47. The molecule has 1 aromatic rings. The molecule has 8 heteroatoms. The number of piperidine rings is 1. The van der Waals surface area contributed by atoms with Crippen LogP contribution in [0, 0.1) is 11.8 Å². The Balaban J connectivity index is 1.28. The van der Waals surface area contributed by atoms with E-state index in [4.69, 9.17) is 4.74 Å². The van der Waals surface area contributed by atoms with Crippen LogP contribution in [0.1, 0.15) is 25.7 Å². The molecule has 3 fully saturated rings. The van der Waals surface area contributed by atoms with E-state index >= 15 is 0 Å². The molecular weight excluding hydrogens is 390 g/mol. The fourth-order valence-electron chi connectivity index (χ4n) is 4.31. The van der Waals surface area contributed by atoms with Crippen molar-refractivity contribution in [3.05, 3.63) is 24.3 Å². The Kier molecular flexibility index (Phi) is 6.13. The summed E-state index contributed by atoms with van der Waals surface area (Å²) < 4.78 is 32.4. The smallest absolute Gasteiger partial charge is 0.243 e. The average Bonchev–Trinajstić information content (AvgIpc) is 3.58. The van der Waals surface area contributed by atoms with Crippen molar-refractivity contribution in [3.63, 3.8) is 0 Å². The number of carbonyl (C=O) groups excluding carboxylic acids is 1. The van der Waals surface area contributed by atoms with Crippen LogP contribution in [-0.2, 0) is 14.8 Å². The topological polar surface area (TPSA) is 70.2 Å². The summed E-state index contributed by atoms with van der Waals surface area (Å²) in [5.74, 6) is 1.66. The second kappa shape index (κ2) is 8.62. The molecule has 0 bridgehead atoms. The SMILES string of the molecule is COc1ccc(S(=O)(=O)N2CCC(C(=O)N3CCN(CC4CC4)CC3)CC2)cc1. The number of hydrogen-bond acceptors (Lipinski definition) is 5. The van der Waals surface area contributed by atoms with E-state index in [1.807, 2.05) is 4.90 Å². The predicted molar refractivity (Wildman–Crippen MR) is 110 cm³/mol. The maximum Gasteiger partial charge on any atom is 0.243 e. The van der Waals surface area contributed by atoms with Gasteiger partial charge >= 0.3 is 0 Å². The van der Waals surface area contributed by atoms with E-state index < -0.39 is 10.0 Å². The van der Waals surface area contributed by atoms with E-state index in [0.29, 0.717) is 31.7 Å². The second-order valence-electron chi connectivity index (χ2n) is 8.42. The van der Waals surface area contributed by atoms with E-state index in [1.54, 1.807) is 31.4 Å². The number of rotatable bonds is 6. The Labute approximate surface area is 173 Å². The van der Waals surface area contributed by atoms with Gasteiger partial charge in [-0.15, -0.1) is 0 Å². The van der Waals surface area contributed by atoms with Gasteiger partial charge in [-0.2, -0.15) is 4.31 Å². The highest BCUT2D eigenvalue weighted by molar-refractivity contribution is 7.89. The Bertz CT molecular complexity index is 807. The Morgan fingerprint density at radius 3 is 2.14 bits per heavy atom. The lowest BCUT2D eigenvalue weighted by Crippen LogP contribution is -2.52. The van der Waals surface area contributed by atoms with Crippen molar-refractivity contribution < 1.29 is 17.9 Å². The molecule has 0 atom stereocenters. The summed E-state index contributed by atoms with van der Waals surface area (Å²) >= 11 is 0. The molecule has 0 spiro atoms. The van der Waals surface area contributed by atoms with Gasteiger partial charge in [0.2, 0.25) is 15.9 Å². The summed E-state index contributed by atoms with van der Waals surface area (Å²) in [7, 11) is -1.97. The van der Waals surface area contributed by atoms with Gasteiger partial charge in [-0.3, -0.25) is 9.69 Å². The third kappa shape index (κ3) is 4.75. The second-order valence-corrected chi connectivity index (χ2v) is 10.4. The first-order valence-corrected chi connectivity index (χ1v) is 12.1. The van der Waals surface area contributed by atoms with Gasteiger partial charge in [-0.05, 0) is 55.9 Å². The standard InChI is InChI=1S/C21H31N3O4S/c1-28-19-4-6-20(7-5-19)29(26,27)24-10-8-18(9-11-24)21(25)23-14-12-22(13-15-23)16-17-2-3-17/h4-7,17-18H,2-3,8-16H2,1H3. The molecule has 0 radical (unpaired) electrons. The van der Waals surface area contributed by atoms with E-state index in [2.05, 4.69) is 4.90 Å². The fourth-order valence-corrected chi connectivity index (χ4v) is 5.78. The molecule has 1 amide bonds. The van der Waals surface area contributed by atoms with E-state index in [1.165, 1.54) is 23.7 Å². The van der Waals surface area contributed by atoms with Crippen molar-refractivity contribution in [1.29, 1.82) is 0 Å². The van der Waals surface area contributed by atoms with Crippen LogP contribution < -0.4 is 4.74 Å². The van der Waals surface area contributed by atoms with Crippen LogP contribution in [0.3, 0.4) is 0 Å². The first kappa shape index (κ1) is 20.6. The Morgan fingerprint density at radius 2 is 1.59 bits per heavy atom. The minimum atomic E-state index is -3.53. The monoisotopic (exact) mass is 421 g/mol. The first-order valence-electron chi connectivity index (χ1n) is 10.6. The number of piperazine rings is 1. The van der Waals surface area contributed by atoms with Gasteiger partial charge in [0, 0.05) is 51.7 Å². The molecule has 1 aliphatic carbocycles. The number of methoxy groups -OCH3 is 1. The van der Waals surface area contributed by atoms with Crippen LogP contribution in [0.4, 0.5) is 0 Å². The van der Waals surface area contributed by atoms with Crippen molar-refractivity contribution in [2.75, 3.05) is 52.9 Å². The Morgan fingerprint density at radius 1 is 0.966 bits per heavy atom. The van der Waals surface area contributed by atoms with Crippen LogP contribution in [0.5, 0.6) is 5.75 Å². The quantitative estimate of drug-likeness (QED) is 0.699. The number of nitrogens with zero attached hydrogens (tertiary/aromatic N) is 3. The number of benzene rings is 1. The Hall–Kier alpha value is -1.64. The molecule has 0 aromatic heterocycles. The van der Waals surface area contributed by atoms with Gasteiger partial charge < -0.3 is 9.64 Å². The molecule has 4 rings (SSSR count). The number of hydrogen-bond donors (Lipinski definition) is 0.